The van der Waals surface area contributed by atoms with Crippen LogP contribution in [-0.2, 0) is 22.6 Å². The summed E-state index contributed by atoms with van der Waals surface area (Å²) in [7, 11) is 0. The maximum atomic E-state index is 12.0. The van der Waals surface area contributed by atoms with Crippen molar-refractivity contribution in [3.05, 3.63) is 53.6 Å². The smallest absolute Gasteiger partial charge is 0.265 e. The molecule has 2 aliphatic heterocycles. The molecule has 1 N–H and O–H groups in total. The van der Waals surface area contributed by atoms with E-state index in [1.165, 1.54) is 11.3 Å². The Morgan fingerprint density at radius 2 is 1.74 bits per heavy atom. The van der Waals surface area contributed by atoms with Crippen LogP contribution in [0, 0.1) is 5.92 Å². The minimum absolute atomic E-state index is 0.0961. The third-order valence-corrected chi connectivity index (χ3v) is 6.47. The molecular weight excluding hydrogens is 390 g/mol. The number of amides is 1. The Labute approximate surface area is 183 Å². The van der Waals surface area contributed by atoms with E-state index in [4.69, 9.17) is 4.74 Å². The van der Waals surface area contributed by atoms with E-state index in [1.807, 2.05) is 12.1 Å². The summed E-state index contributed by atoms with van der Waals surface area (Å²) in [6.45, 7) is 6.53. The van der Waals surface area contributed by atoms with Crippen LogP contribution in [-0.4, -0.2) is 48.9 Å². The number of nitrogens with one attached hydrogen (secondary N) is 1. The highest BCUT2D eigenvalue weighted by Gasteiger charge is 2.29. The van der Waals surface area contributed by atoms with Crippen molar-refractivity contribution in [1.82, 2.24) is 4.90 Å². The Morgan fingerprint density at radius 3 is 2.45 bits per heavy atom. The summed E-state index contributed by atoms with van der Waals surface area (Å²) in [5.41, 5.74) is 4.29. The van der Waals surface area contributed by atoms with Gasteiger partial charge in [-0.2, -0.15) is 0 Å². The highest BCUT2D eigenvalue weighted by molar-refractivity contribution is 5.97. The minimum Gasteiger partial charge on any atom is -0.479 e. The molecule has 0 aromatic heterocycles. The first-order valence-electron chi connectivity index (χ1n) is 11.2. The third kappa shape index (κ3) is 4.59. The zero-order chi connectivity index (χ0) is 21.4. The predicted molar refractivity (Wildman–Crippen MR) is 121 cm³/mol. The second kappa shape index (κ2) is 8.35. The molecule has 1 amide bonds. The number of hydrogen-bond acceptors (Lipinski definition) is 5. The number of hydrogen-bond donors (Lipinski definition) is 1. The van der Waals surface area contributed by atoms with Crippen LogP contribution in [0.1, 0.15) is 30.9 Å². The van der Waals surface area contributed by atoms with Crippen molar-refractivity contribution in [2.24, 2.45) is 5.92 Å². The standard InChI is InChI=1S/C25H29N3O3/c1-17-25(30)26-22-14-19(4-9-24(22)31-17)16-27-10-12-28(13-11-27)21-7-2-18(3-8-21)15-23(29)20-5-6-20/h2-4,7-9,14,17,20H,5-6,10-13,15-16H2,1H3,(H,26,30). The van der Waals surface area contributed by atoms with Crippen LogP contribution in [0.15, 0.2) is 42.5 Å². The Hall–Kier alpha value is -2.86. The minimum atomic E-state index is -0.445. The summed E-state index contributed by atoms with van der Waals surface area (Å²) in [4.78, 5) is 28.7. The van der Waals surface area contributed by atoms with E-state index in [0.717, 1.165) is 62.6 Å². The third-order valence-electron chi connectivity index (χ3n) is 6.47. The zero-order valence-corrected chi connectivity index (χ0v) is 18.0. The number of ether oxygens (including phenoxy) is 1. The lowest BCUT2D eigenvalue weighted by Crippen LogP contribution is -2.46. The summed E-state index contributed by atoms with van der Waals surface area (Å²) in [5, 5.41) is 2.93. The molecule has 0 spiro atoms. The van der Waals surface area contributed by atoms with Crippen LogP contribution in [0.3, 0.4) is 0 Å². The van der Waals surface area contributed by atoms with E-state index in [2.05, 4.69) is 45.4 Å². The molecule has 3 aliphatic rings. The van der Waals surface area contributed by atoms with Crippen LogP contribution in [0.25, 0.3) is 0 Å². The maximum Gasteiger partial charge on any atom is 0.265 e. The van der Waals surface area contributed by atoms with Gasteiger partial charge >= 0.3 is 0 Å². The van der Waals surface area contributed by atoms with E-state index < -0.39 is 6.10 Å². The van der Waals surface area contributed by atoms with Crippen LogP contribution >= 0.6 is 0 Å². The lowest BCUT2D eigenvalue weighted by atomic mass is 10.1. The molecule has 2 fully saturated rings. The van der Waals surface area contributed by atoms with Gasteiger partial charge in [0, 0.05) is 50.7 Å². The van der Waals surface area contributed by atoms with Gasteiger partial charge in [0.1, 0.15) is 11.5 Å². The van der Waals surface area contributed by atoms with Crippen molar-refractivity contribution >= 4 is 23.1 Å². The Balaban J connectivity index is 1.14. The van der Waals surface area contributed by atoms with Crippen molar-refractivity contribution < 1.29 is 14.3 Å². The van der Waals surface area contributed by atoms with Crippen molar-refractivity contribution in [2.75, 3.05) is 36.4 Å². The van der Waals surface area contributed by atoms with Gasteiger partial charge in [0.2, 0.25) is 0 Å². The van der Waals surface area contributed by atoms with Crippen LogP contribution in [0.2, 0.25) is 0 Å². The molecule has 1 aliphatic carbocycles. The molecule has 2 aromatic carbocycles. The number of benzene rings is 2. The average molecular weight is 420 g/mol. The van der Waals surface area contributed by atoms with Gasteiger partial charge in [-0.15, -0.1) is 0 Å². The van der Waals surface area contributed by atoms with E-state index in [9.17, 15) is 9.59 Å². The molecule has 6 nitrogen and oxygen atoms in total. The Bertz CT molecular complexity index is 976. The second-order valence-corrected chi connectivity index (χ2v) is 8.93. The highest BCUT2D eigenvalue weighted by Crippen LogP contribution is 2.32. The van der Waals surface area contributed by atoms with E-state index in [1.54, 1.807) is 6.92 Å². The quantitative estimate of drug-likeness (QED) is 0.779. The fourth-order valence-corrected chi connectivity index (χ4v) is 4.35. The summed E-state index contributed by atoms with van der Waals surface area (Å²) in [6.07, 6.45) is 2.28. The van der Waals surface area contributed by atoms with Gasteiger partial charge in [-0.05, 0) is 55.2 Å². The topological polar surface area (TPSA) is 61.9 Å². The number of anilines is 2. The van der Waals surface area contributed by atoms with Crippen LogP contribution < -0.4 is 15.0 Å². The van der Waals surface area contributed by atoms with Crippen molar-refractivity contribution in [3.8, 4) is 5.75 Å². The lowest BCUT2D eigenvalue weighted by molar-refractivity contribution is -0.122. The molecule has 5 rings (SSSR count). The van der Waals surface area contributed by atoms with Crippen molar-refractivity contribution in [2.45, 2.75) is 38.8 Å². The zero-order valence-electron chi connectivity index (χ0n) is 18.0. The van der Waals surface area contributed by atoms with Gasteiger partial charge in [0.15, 0.2) is 6.10 Å². The second-order valence-electron chi connectivity index (χ2n) is 8.93. The molecule has 6 heteroatoms. The van der Waals surface area contributed by atoms with E-state index in [-0.39, 0.29) is 5.91 Å². The summed E-state index contributed by atoms with van der Waals surface area (Å²) in [5.74, 6) is 1.36. The van der Waals surface area contributed by atoms with Crippen LogP contribution in [0.4, 0.5) is 11.4 Å². The summed E-state index contributed by atoms with van der Waals surface area (Å²) in [6, 6.07) is 14.6. The first-order valence-corrected chi connectivity index (χ1v) is 11.2. The predicted octanol–water partition coefficient (Wildman–Crippen LogP) is 3.25. The molecule has 1 saturated carbocycles. The number of carbonyl (C=O) groups is 2. The molecular formula is C25H29N3O3. The number of rotatable bonds is 6. The number of ketones is 1. The fraction of sp³-hybridized carbons (Fsp3) is 0.440. The largest absolute Gasteiger partial charge is 0.479 e. The number of carbonyl (C=O) groups excluding carboxylic acids is 2. The number of fused-ring (bicyclic) bond motifs is 1. The Morgan fingerprint density at radius 1 is 1.03 bits per heavy atom. The maximum absolute atomic E-state index is 12.0. The Kier molecular flexibility index (Phi) is 5.40. The molecule has 2 aromatic rings. The first kappa shape index (κ1) is 20.1. The normalized spacial score (nSPS) is 21.3. The SMILES string of the molecule is CC1Oc2ccc(CN3CCN(c4ccc(CC(=O)C5CC5)cc4)CC3)cc2NC1=O. The van der Waals surface area contributed by atoms with Gasteiger partial charge in [0.05, 0.1) is 5.69 Å². The van der Waals surface area contributed by atoms with Crippen molar-refractivity contribution in [3.63, 3.8) is 0 Å². The average Bonchev–Trinajstić information content (AvgIpc) is 3.62. The van der Waals surface area contributed by atoms with Gasteiger partial charge in [-0.1, -0.05) is 18.2 Å². The molecule has 31 heavy (non-hydrogen) atoms. The molecule has 0 radical (unpaired) electrons. The van der Waals surface area contributed by atoms with E-state index >= 15 is 0 Å². The highest BCUT2D eigenvalue weighted by atomic mass is 16.5. The van der Waals surface area contributed by atoms with Gasteiger partial charge in [0.25, 0.3) is 5.91 Å². The first-order chi connectivity index (χ1) is 15.0. The molecule has 0 bridgehead atoms. The molecule has 2 heterocycles. The summed E-state index contributed by atoms with van der Waals surface area (Å²) >= 11 is 0. The van der Waals surface area contributed by atoms with Gasteiger partial charge < -0.3 is 15.0 Å². The summed E-state index contributed by atoms with van der Waals surface area (Å²) < 4.78 is 5.65. The molecule has 1 unspecified atom stereocenters. The lowest BCUT2D eigenvalue weighted by Gasteiger charge is -2.36. The molecule has 162 valence electrons. The van der Waals surface area contributed by atoms with Crippen LogP contribution in [0.5, 0.6) is 5.75 Å². The number of nitrogens with zero attached hydrogens (tertiary/aromatic N) is 2. The van der Waals surface area contributed by atoms with E-state index in [0.29, 0.717) is 18.1 Å². The number of Topliss-reactive ketones (excluding diaryl/α,β-unsaturated/α-hetero) is 1. The fourth-order valence-electron chi connectivity index (χ4n) is 4.35. The monoisotopic (exact) mass is 419 g/mol. The van der Waals surface area contributed by atoms with Crippen molar-refractivity contribution in [1.29, 1.82) is 0 Å². The molecule has 1 atom stereocenters. The van der Waals surface area contributed by atoms with Gasteiger partial charge in [-0.3, -0.25) is 14.5 Å². The molecule has 1 saturated heterocycles. The van der Waals surface area contributed by atoms with Gasteiger partial charge in [-0.25, -0.2) is 0 Å². The number of piperazine rings is 1.